The summed E-state index contributed by atoms with van der Waals surface area (Å²) < 4.78 is 5.66. The Bertz CT molecular complexity index is 1160. The van der Waals surface area contributed by atoms with E-state index < -0.39 is 0 Å². The molecule has 1 amide bonds. The average molecular weight is 465 g/mol. The molecule has 6 nitrogen and oxygen atoms in total. The van der Waals surface area contributed by atoms with Gasteiger partial charge in [0.25, 0.3) is 5.91 Å². The van der Waals surface area contributed by atoms with Gasteiger partial charge in [0.05, 0.1) is 5.69 Å². The number of aromatic nitrogens is 2. The van der Waals surface area contributed by atoms with Gasteiger partial charge in [-0.25, -0.2) is 0 Å². The van der Waals surface area contributed by atoms with Crippen LogP contribution in [-0.2, 0) is 4.79 Å². The molecule has 0 atom stereocenters. The van der Waals surface area contributed by atoms with Crippen LogP contribution in [0.4, 0.5) is 5.82 Å². The zero-order valence-electron chi connectivity index (χ0n) is 19.6. The molecule has 1 saturated heterocycles. The van der Waals surface area contributed by atoms with E-state index in [0.717, 1.165) is 22.6 Å². The number of nitrogens with zero attached hydrogens (tertiary/aromatic N) is 4. The number of aryl methyl sites for hydroxylation is 4. The second-order valence-corrected chi connectivity index (χ2v) is 9.00. The number of rotatable bonds is 5. The highest BCUT2D eigenvalue weighted by Gasteiger charge is 2.22. The molecule has 0 N–H and O–H groups in total. The molecule has 2 aromatic carbocycles. The topological polar surface area (TPSA) is 58.6 Å². The summed E-state index contributed by atoms with van der Waals surface area (Å²) in [7, 11) is 0. The summed E-state index contributed by atoms with van der Waals surface area (Å²) in [5, 5.41) is 9.64. The van der Waals surface area contributed by atoms with Gasteiger partial charge in [0, 0.05) is 36.8 Å². The van der Waals surface area contributed by atoms with Crippen molar-refractivity contribution >= 4 is 23.3 Å². The van der Waals surface area contributed by atoms with Crippen molar-refractivity contribution in [2.75, 3.05) is 37.7 Å². The summed E-state index contributed by atoms with van der Waals surface area (Å²) in [6, 6.07) is 13.8. The van der Waals surface area contributed by atoms with Gasteiger partial charge in [0.2, 0.25) is 0 Å². The SMILES string of the molecule is Cc1cc(C)c(-c2ccc(N3CCN(C(=O)COc4ccc(Cl)c(C)c4)CC3)nn2)cc1C. The van der Waals surface area contributed by atoms with Gasteiger partial charge in [-0.2, -0.15) is 0 Å². The first-order valence-corrected chi connectivity index (χ1v) is 11.5. The van der Waals surface area contributed by atoms with Crippen LogP contribution in [0.15, 0.2) is 42.5 Å². The minimum absolute atomic E-state index is 0.0187. The molecule has 1 aromatic heterocycles. The molecule has 0 unspecified atom stereocenters. The number of halogens is 1. The van der Waals surface area contributed by atoms with Crippen molar-refractivity contribution in [3.8, 4) is 17.0 Å². The predicted octanol–water partition coefficient (Wildman–Crippen LogP) is 4.76. The highest BCUT2D eigenvalue weighted by atomic mass is 35.5. The second kappa shape index (κ2) is 9.79. The number of anilines is 1. The van der Waals surface area contributed by atoms with Crippen LogP contribution in [0.2, 0.25) is 5.02 Å². The number of hydrogen-bond donors (Lipinski definition) is 0. The normalized spacial score (nSPS) is 13.8. The first-order chi connectivity index (χ1) is 15.8. The number of carbonyl (C=O) groups excluding carboxylic acids is 1. The molecule has 0 radical (unpaired) electrons. The van der Waals surface area contributed by atoms with Crippen LogP contribution < -0.4 is 9.64 Å². The number of piperazine rings is 1. The van der Waals surface area contributed by atoms with Crippen LogP contribution in [0.3, 0.4) is 0 Å². The van der Waals surface area contributed by atoms with Gasteiger partial charge >= 0.3 is 0 Å². The molecule has 1 fully saturated rings. The minimum atomic E-state index is -0.0195. The molecule has 0 spiro atoms. The number of ether oxygens (including phenoxy) is 1. The first kappa shape index (κ1) is 23.1. The lowest BCUT2D eigenvalue weighted by atomic mass is 9.99. The molecule has 0 aliphatic carbocycles. The van der Waals surface area contributed by atoms with Crippen LogP contribution >= 0.6 is 11.6 Å². The lowest BCUT2D eigenvalue weighted by Crippen LogP contribution is -2.50. The molecule has 33 heavy (non-hydrogen) atoms. The van der Waals surface area contributed by atoms with Gasteiger partial charge in [-0.1, -0.05) is 17.7 Å². The standard InChI is InChI=1S/C26H29ClN4O2/c1-17-13-19(3)22(15-18(17)2)24-7-8-25(29-28-24)30-9-11-31(12-10-30)26(32)16-33-21-5-6-23(27)20(4)14-21/h5-8,13-15H,9-12,16H2,1-4H3. The van der Waals surface area contributed by atoms with Gasteiger partial charge in [-0.05, 0) is 86.3 Å². The molecule has 172 valence electrons. The molecule has 2 heterocycles. The summed E-state index contributed by atoms with van der Waals surface area (Å²) in [5.41, 5.74) is 6.64. The zero-order chi connectivity index (χ0) is 23.5. The Labute approximate surface area is 200 Å². The van der Waals surface area contributed by atoms with E-state index in [2.05, 4.69) is 48.0 Å². The number of carbonyl (C=O) groups is 1. The molecule has 4 rings (SSSR count). The van der Waals surface area contributed by atoms with E-state index in [-0.39, 0.29) is 12.5 Å². The third kappa shape index (κ3) is 5.28. The van der Waals surface area contributed by atoms with E-state index in [9.17, 15) is 4.79 Å². The quantitative estimate of drug-likeness (QED) is 0.545. The van der Waals surface area contributed by atoms with Crippen LogP contribution in [0.25, 0.3) is 11.3 Å². The molecule has 7 heteroatoms. The molecule has 3 aromatic rings. The van der Waals surface area contributed by atoms with Crippen molar-refractivity contribution in [3.05, 3.63) is 69.7 Å². The van der Waals surface area contributed by atoms with Crippen LogP contribution in [0.1, 0.15) is 22.3 Å². The molecular formula is C26H29ClN4O2. The fraction of sp³-hybridized carbons (Fsp3) is 0.346. The van der Waals surface area contributed by atoms with E-state index in [4.69, 9.17) is 16.3 Å². The van der Waals surface area contributed by atoms with E-state index in [0.29, 0.717) is 37.0 Å². The Morgan fingerprint density at radius 3 is 2.27 bits per heavy atom. The Balaban J connectivity index is 1.32. The largest absolute Gasteiger partial charge is 0.484 e. The van der Waals surface area contributed by atoms with Crippen LogP contribution in [0, 0.1) is 27.7 Å². The fourth-order valence-corrected chi connectivity index (χ4v) is 4.12. The Kier molecular flexibility index (Phi) is 6.84. The van der Waals surface area contributed by atoms with Gasteiger partial charge in [-0.3, -0.25) is 4.79 Å². The minimum Gasteiger partial charge on any atom is -0.484 e. The summed E-state index contributed by atoms with van der Waals surface area (Å²) in [6.45, 7) is 10.9. The summed E-state index contributed by atoms with van der Waals surface area (Å²) >= 11 is 6.04. The summed E-state index contributed by atoms with van der Waals surface area (Å²) in [6.07, 6.45) is 0. The van der Waals surface area contributed by atoms with Crippen molar-refractivity contribution in [1.82, 2.24) is 15.1 Å². The maximum absolute atomic E-state index is 12.6. The van der Waals surface area contributed by atoms with E-state index >= 15 is 0 Å². The van der Waals surface area contributed by atoms with Gasteiger partial charge in [-0.15, -0.1) is 10.2 Å². The van der Waals surface area contributed by atoms with E-state index in [1.807, 2.05) is 30.0 Å². The molecule has 1 aliphatic rings. The molecule has 0 saturated carbocycles. The monoisotopic (exact) mass is 464 g/mol. The number of benzene rings is 2. The second-order valence-electron chi connectivity index (χ2n) is 8.60. The predicted molar refractivity (Wildman–Crippen MR) is 132 cm³/mol. The summed E-state index contributed by atoms with van der Waals surface area (Å²) in [4.78, 5) is 16.6. The van der Waals surface area contributed by atoms with Crippen molar-refractivity contribution < 1.29 is 9.53 Å². The molecule has 0 bridgehead atoms. The van der Waals surface area contributed by atoms with Gasteiger partial charge < -0.3 is 14.5 Å². The molecule has 1 aliphatic heterocycles. The van der Waals surface area contributed by atoms with Gasteiger partial charge in [0.1, 0.15) is 5.75 Å². The number of amides is 1. The first-order valence-electron chi connectivity index (χ1n) is 11.2. The fourth-order valence-electron chi connectivity index (χ4n) is 4.00. The maximum atomic E-state index is 12.6. The Hall–Kier alpha value is -3.12. The summed E-state index contributed by atoms with van der Waals surface area (Å²) in [5.74, 6) is 1.47. The van der Waals surface area contributed by atoms with Crippen molar-refractivity contribution in [2.24, 2.45) is 0 Å². The van der Waals surface area contributed by atoms with Crippen molar-refractivity contribution in [2.45, 2.75) is 27.7 Å². The highest BCUT2D eigenvalue weighted by molar-refractivity contribution is 6.31. The van der Waals surface area contributed by atoms with Gasteiger partial charge in [0.15, 0.2) is 12.4 Å². The smallest absolute Gasteiger partial charge is 0.260 e. The van der Waals surface area contributed by atoms with Crippen LogP contribution in [-0.4, -0.2) is 53.8 Å². The van der Waals surface area contributed by atoms with Crippen molar-refractivity contribution in [1.29, 1.82) is 0 Å². The highest BCUT2D eigenvalue weighted by Crippen LogP contribution is 2.26. The third-order valence-corrected chi connectivity index (χ3v) is 6.64. The number of hydrogen-bond acceptors (Lipinski definition) is 5. The maximum Gasteiger partial charge on any atom is 0.260 e. The van der Waals surface area contributed by atoms with Crippen LogP contribution in [0.5, 0.6) is 5.75 Å². The zero-order valence-corrected chi connectivity index (χ0v) is 20.3. The lowest BCUT2D eigenvalue weighted by molar-refractivity contribution is -0.133. The van der Waals surface area contributed by atoms with E-state index in [1.165, 1.54) is 16.7 Å². The van der Waals surface area contributed by atoms with E-state index in [1.54, 1.807) is 12.1 Å². The van der Waals surface area contributed by atoms with Crippen molar-refractivity contribution in [3.63, 3.8) is 0 Å². The average Bonchev–Trinajstić information content (AvgIpc) is 2.82. The lowest BCUT2D eigenvalue weighted by Gasteiger charge is -2.35. The molecular weight excluding hydrogens is 436 g/mol. The third-order valence-electron chi connectivity index (χ3n) is 6.22. The Morgan fingerprint density at radius 2 is 1.61 bits per heavy atom. The Morgan fingerprint density at radius 1 is 0.879 bits per heavy atom.